The first kappa shape index (κ1) is 22.7. The molecule has 32 heavy (non-hydrogen) atoms. The summed E-state index contributed by atoms with van der Waals surface area (Å²) in [4.78, 5) is 15.1. The number of sulfonamides is 1. The molecular weight excluding hydrogens is 466 g/mol. The van der Waals surface area contributed by atoms with Crippen molar-refractivity contribution < 1.29 is 13.2 Å². The zero-order chi connectivity index (χ0) is 22.7. The molecule has 2 aromatic carbocycles. The van der Waals surface area contributed by atoms with Crippen LogP contribution < -0.4 is 5.73 Å². The number of rotatable bonds is 6. The van der Waals surface area contributed by atoms with Gasteiger partial charge in [0, 0.05) is 13.1 Å². The molecule has 4 rings (SSSR count). The van der Waals surface area contributed by atoms with Crippen molar-refractivity contribution in [3.05, 3.63) is 65.7 Å². The van der Waals surface area contributed by atoms with Crippen molar-refractivity contribution in [3.63, 3.8) is 0 Å². The number of thioether (sulfide) groups is 1. The fourth-order valence-corrected chi connectivity index (χ4v) is 6.75. The zero-order valence-corrected chi connectivity index (χ0v) is 19.9. The van der Waals surface area contributed by atoms with Crippen molar-refractivity contribution in [1.82, 2.24) is 19.4 Å². The van der Waals surface area contributed by atoms with Gasteiger partial charge in [-0.3, -0.25) is 4.79 Å². The third kappa shape index (κ3) is 4.80. The van der Waals surface area contributed by atoms with Gasteiger partial charge in [0.25, 0.3) is 0 Å². The number of hydrogen-bond donors (Lipinski definition) is 1. The number of benzene rings is 2. The van der Waals surface area contributed by atoms with E-state index in [0.717, 1.165) is 11.1 Å². The molecule has 1 aliphatic rings. The maximum absolute atomic E-state index is 13.6. The van der Waals surface area contributed by atoms with Crippen molar-refractivity contribution in [1.29, 1.82) is 0 Å². The van der Waals surface area contributed by atoms with E-state index in [9.17, 15) is 13.2 Å². The Hall–Kier alpha value is -2.47. The Balaban J connectivity index is 1.65. The zero-order valence-electron chi connectivity index (χ0n) is 17.4. The third-order valence-corrected chi connectivity index (χ3v) is 8.87. The van der Waals surface area contributed by atoms with Crippen LogP contribution in [0.3, 0.4) is 0 Å². The van der Waals surface area contributed by atoms with Crippen LogP contribution in [-0.4, -0.2) is 52.6 Å². The van der Waals surface area contributed by atoms with Gasteiger partial charge in [-0.1, -0.05) is 71.1 Å². The normalized spacial score (nSPS) is 17.4. The van der Waals surface area contributed by atoms with Gasteiger partial charge >= 0.3 is 0 Å². The van der Waals surface area contributed by atoms with Crippen LogP contribution >= 0.6 is 23.1 Å². The highest BCUT2D eigenvalue weighted by Gasteiger charge is 2.40. The monoisotopic (exact) mass is 489 g/mol. The van der Waals surface area contributed by atoms with Crippen LogP contribution in [0.2, 0.25) is 0 Å². The minimum Gasteiger partial charge on any atom is -0.374 e. The quantitative estimate of drug-likeness (QED) is 0.530. The number of nitrogens with two attached hydrogens (primary N) is 1. The van der Waals surface area contributed by atoms with Crippen LogP contribution in [0.25, 0.3) is 0 Å². The summed E-state index contributed by atoms with van der Waals surface area (Å²) < 4.78 is 29.2. The molecule has 1 aromatic heterocycles. The number of carbonyl (C=O) groups is 1. The summed E-state index contributed by atoms with van der Waals surface area (Å²) in [6, 6.07) is 16.1. The molecule has 0 saturated carbocycles. The number of nitrogen functional groups attached to an aromatic ring is 1. The van der Waals surface area contributed by atoms with Crippen LogP contribution in [0, 0.1) is 6.92 Å². The molecule has 1 atom stereocenters. The molecule has 3 aromatic rings. The fourth-order valence-electron chi connectivity index (χ4n) is 3.61. The smallest absolute Gasteiger partial charge is 0.245 e. The minimum atomic E-state index is -3.81. The number of aromatic nitrogens is 2. The van der Waals surface area contributed by atoms with Gasteiger partial charge in [0.05, 0.1) is 10.6 Å². The SMILES string of the molecule is Cc1ccc(S(=O)(=O)N2CCCN(C(=O)CSc3nnc(N)s3)C2c2ccccc2)cc1. The van der Waals surface area contributed by atoms with Crippen molar-refractivity contribution in [2.45, 2.75) is 28.7 Å². The van der Waals surface area contributed by atoms with Gasteiger partial charge in [-0.25, -0.2) is 8.42 Å². The molecule has 0 aliphatic carbocycles. The average Bonchev–Trinajstić information content (AvgIpc) is 3.23. The first-order chi connectivity index (χ1) is 15.4. The molecule has 1 saturated heterocycles. The van der Waals surface area contributed by atoms with E-state index >= 15 is 0 Å². The number of carbonyl (C=O) groups excluding carboxylic acids is 1. The number of amides is 1. The van der Waals surface area contributed by atoms with Gasteiger partial charge in [0.1, 0.15) is 6.17 Å². The highest BCUT2D eigenvalue weighted by atomic mass is 32.2. The van der Waals surface area contributed by atoms with Crippen LogP contribution in [0.4, 0.5) is 5.13 Å². The topological polar surface area (TPSA) is 109 Å². The highest BCUT2D eigenvalue weighted by molar-refractivity contribution is 8.01. The number of anilines is 1. The van der Waals surface area contributed by atoms with Gasteiger partial charge in [-0.2, -0.15) is 4.31 Å². The van der Waals surface area contributed by atoms with E-state index in [2.05, 4.69) is 10.2 Å². The van der Waals surface area contributed by atoms with E-state index in [1.165, 1.54) is 27.4 Å². The van der Waals surface area contributed by atoms with Crippen LogP contribution in [0.5, 0.6) is 0 Å². The largest absolute Gasteiger partial charge is 0.374 e. The molecule has 1 aliphatic heterocycles. The van der Waals surface area contributed by atoms with Crippen molar-refractivity contribution >= 4 is 44.2 Å². The van der Waals surface area contributed by atoms with E-state index in [1.807, 2.05) is 37.3 Å². The second-order valence-electron chi connectivity index (χ2n) is 7.35. The third-order valence-electron chi connectivity index (χ3n) is 5.13. The highest BCUT2D eigenvalue weighted by Crippen LogP contribution is 2.35. The van der Waals surface area contributed by atoms with E-state index in [-0.39, 0.29) is 16.6 Å². The van der Waals surface area contributed by atoms with Crippen molar-refractivity contribution in [2.24, 2.45) is 0 Å². The van der Waals surface area contributed by atoms with Crippen molar-refractivity contribution in [3.8, 4) is 0 Å². The van der Waals surface area contributed by atoms with E-state index in [0.29, 0.717) is 29.0 Å². The molecule has 0 bridgehead atoms. The summed E-state index contributed by atoms with van der Waals surface area (Å²) in [5.41, 5.74) is 7.35. The summed E-state index contributed by atoms with van der Waals surface area (Å²) in [6.45, 7) is 2.71. The summed E-state index contributed by atoms with van der Waals surface area (Å²) in [5, 5.41) is 8.05. The van der Waals surface area contributed by atoms with Gasteiger partial charge < -0.3 is 10.6 Å². The van der Waals surface area contributed by atoms with Crippen molar-refractivity contribution in [2.75, 3.05) is 24.6 Å². The van der Waals surface area contributed by atoms with Crippen LogP contribution in [0.15, 0.2) is 63.8 Å². The van der Waals surface area contributed by atoms with Gasteiger partial charge in [-0.05, 0) is 31.0 Å². The molecule has 0 spiro atoms. The maximum atomic E-state index is 13.6. The molecule has 0 radical (unpaired) electrons. The van der Waals surface area contributed by atoms with Crippen LogP contribution in [0.1, 0.15) is 23.7 Å². The summed E-state index contributed by atoms with van der Waals surface area (Å²) in [6.07, 6.45) is -0.166. The summed E-state index contributed by atoms with van der Waals surface area (Å²) in [7, 11) is -3.81. The number of aryl methyl sites for hydroxylation is 1. The second kappa shape index (κ2) is 9.57. The Morgan fingerprint density at radius 2 is 1.84 bits per heavy atom. The van der Waals surface area contributed by atoms with E-state index in [4.69, 9.17) is 5.73 Å². The predicted molar refractivity (Wildman–Crippen MR) is 126 cm³/mol. The summed E-state index contributed by atoms with van der Waals surface area (Å²) >= 11 is 2.47. The standard InChI is InChI=1S/C21H23N5O3S3/c1-15-8-10-17(11-9-15)32(28,29)26-13-5-12-25(19(26)16-6-3-2-4-7-16)18(27)14-30-21-24-23-20(22)31-21/h2-4,6-11,19H,5,12-14H2,1H3,(H2,22,23). The summed E-state index contributed by atoms with van der Waals surface area (Å²) in [5.74, 6) is -0.0439. The maximum Gasteiger partial charge on any atom is 0.245 e. The van der Waals surface area contributed by atoms with E-state index in [1.54, 1.807) is 29.2 Å². The first-order valence-electron chi connectivity index (χ1n) is 10.0. The van der Waals surface area contributed by atoms with E-state index < -0.39 is 16.2 Å². The molecular formula is C21H23N5O3S3. The van der Waals surface area contributed by atoms with Gasteiger partial charge in [0.2, 0.25) is 21.1 Å². The molecule has 11 heteroatoms. The fraction of sp³-hybridized carbons (Fsp3) is 0.286. The first-order valence-corrected chi connectivity index (χ1v) is 13.2. The molecule has 2 heterocycles. The Morgan fingerprint density at radius 1 is 1.12 bits per heavy atom. The Kier molecular flexibility index (Phi) is 6.79. The Bertz CT molecular complexity index is 1180. The van der Waals surface area contributed by atoms with Gasteiger partial charge in [0.15, 0.2) is 4.34 Å². The average molecular weight is 490 g/mol. The minimum absolute atomic E-state index is 0.121. The number of nitrogens with zero attached hydrogens (tertiary/aromatic N) is 4. The molecule has 1 unspecified atom stereocenters. The lowest BCUT2D eigenvalue weighted by Gasteiger charge is -2.43. The van der Waals surface area contributed by atoms with Crippen LogP contribution in [-0.2, 0) is 14.8 Å². The molecule has 2 N–H and O–H groups in total. The number of hydrogen-bond acceptors (Lipinski definition) is 8. The lowest BCUT2D eigenvalue weighted by atomic mass is 10.1. The Labute approximate surface area is 195 Å². The molecule has 1 fully saturated rings. The lowest BCUT2D eigenvalue weighted by molar-refractivity contribution is -0.135. The van der Waals surface area contributed by atoms with Gasteiger partial charge in [-0.15, -0.1) is 10.2 Å². The molecule has 8 nitrogen and oxygen atoms in total. The predicted octanol–water partition coefficient (Wildman–Crippen LogP) is 3.14. The Morgan fingerprint density at radius 3 is 2.50 bits per heavy atom. The molecule has 1 amide bonds. The second-order valence-corrected chi connectivity index (χ2v) is 11.5. The lowest BCUT2D eigenvalue weighted by Crippen LogP contribution is -2.52. The molecule has 168 valence electrons.